The molecular weight excluding hydrogens is 683 g/mol. The molecule has 0 unspecified atom stereocenters. The van der Waals surface area contributed by atoms with E-state index in [9.17, 15) is 0 Å². The fourth-order valence-electron chi connectivity index (χ4n) is 8.15. The predicted octanol–water partition coefficient (Wildman–Crippen LogP) is 14.3. The standard InChI is InChI=1S/C52H33N3O/c1-4-15-35(16-5-1)50-51(36-17-6-2-7-18-36)54-52-43-28-25-39(30-38(43)26-29-46(52)53-50)45-32-42(33-48-49(45)44-22-12-13-23-47(44)56-48)55(40-20-8-3-9-21-40)41-27-24-34-14-10-11-19-37(34)31-41/h1-33H. The van der Waals surface area contributed by atoms with E-state index in [2.05, 4.69) is 175 Å². The maximum Gasteiger partial charge on any atom is 0.138 e. The van der Waals surface area contributed by atoms with Crippen molar-refractivity contribution in [3.63, 3.8) is 0 Å². The number of para-hydroxylation sites is 2. The van der Waals surface area contributed by atoms with Crippen LogP contribution in [0.3, 0.4) is 0 Å². The first-order valence-electron chi connectivity index (χ1n) is 18.9. The molecular formula is C52H33N3O. The maximum absolute atomic E-state index is 6.65. The van der Waals surface area contributed by atoms with Gasteiger partial charge in [0, 0.05) is 44.7 Å². The van der Waals surface area contributed by atoms with Crippen LogP contribution in [0.5, 0.6) is 0 Å². The van der Waals surface area contributed by atoms with E-state index < -0.39 is 0 Å². The molecule has 4 nitrogen and oxygen atoms in total. The zero-order valence-corrected chi connectivity index (χ0v) is 30.3. The van der Waals surface area contributed by atoms with E-state index in [1.807, 2.05) is 30.3 Å². The zero-order chi connectivity index (χ0) is 37.0. The van der Waals surface area contributed by atoms with Gasteiger partial charge in [-0.25, -0.2) is 9.97 Å². The van der Waals surface area contributed by atoms with Gasteiger partial charge >= 0.3 is 0 Å². The molecule has 2 aromatic heterocycles. The summed E-state index contributed by atoms with van der Waals surface area (Å²) in [5, 5.41) is 6.73. The molecule has 0 fully saturated rings. The minimum Gasteiger partial charge on any atom is -0.456 e. The second-order valence-corrected chi connectivity index (χ2v) is 14.2. The first-order chi connectivity index (χ1) is 27.7. The summed E-state index contributed by atoms with van der Waals surface area (Å²) >= 11 is 0. The van der Waals surface area contributed by atoms with Gasteiger partial charge in [0.05, 0.1) is 28.1 Å². The first kappa shape index (κ1) is 31.9. The Hall–Kier alpha value is -7.56. The minimum absolute atomic E-state index is 0.839. The monoisotopic (exact) mass is 715 g/mol. The molecule has 0 aliphatic carbocycles. The van der Waals surface area contributed by atoms with Gasteiger partial charge in [-0.1, -0.05) is 146 Å². The van der Waals surface area contributed by atoms with E-state index in [0.29, 0.717) is 0 Å². The van der Waals surface area contributed by atoms with Gasteiger partial charge < -0.3 is 9.32 Å². The fourth-order valence-corrected chi connectivity index (χ4v) is 8.15. The largest absolute Gasteiger partial charge is 0.456 e. The highest BCUT2D eigenvalue weighted by Crippen LogP contribution is 2.45. The third kappa shape index (κ3) is 5.39. The molecule has 0 aliphatic heterocycles. The van der Waals surface area contributed by atoms with E-state index in [1.54, 1.807) is 0 Å². The number of fused-ring (bicyclic) bond motifs is 7. The van der Waals surface area contributed by atoms with Crippen molar-refractivity contribution in [2.75, 3.05) is 4.90 Å². The summed E-state index contributed by atoms with van der Waals surface area (Å²) in [6.45, 7) is 0. The van der Waals surface area contributed by atoms with Crippen LogP contribution in [0.2, 0.25) is 0 Å². The molecule has 262 valence electrons. The number of furan rings is 1. The molecule has 2 heterocycles. The summed E-state index contributed by atoms with van der Waals surface area (Å²) in [6.07, 6.45) is 0. The molecule has 11 aromatic rings. The molecule has 9 aromatic carbocycles. The summed E-state index contributed by atoms with van der Waals surface area (Å²) in [5.41, 5.74) is 12.6. The number of hydrogen-bond donors (Lipinski definition) is 0. The summed E-state index contributed by atoms with van der Waals surface area (Å²) in [4.78, 5) is 12.9. The maximum atomic E-state index is 6.65. The van der Waals surface area contributed by atoms with Crippen LogP contribution in [0.25, 0.3) is 88.2 Å². The molecule has 0 bridgehead atoms. The van der Waals surface area contributed by atoms with Crippen LogP contribution in [0.1, 0.15) is 0 Å². The lowest BCUT2D eigenvalue weighted by molar-refractivity contribution is 0.669. The van der Waals surface area contributed by atoms with Gasteiger partial charge in [0.25, 0.3) is 0 Å². The number of nitrogens with zero attached hydrogens (tertiary/aromatic N) is 3. The number of rotatable bonds is 6. The van der Waals surface area contributed by atoms with Crippen LogP contribution in [-0.4, -0.2) is 9.97 Å². The Morgan fingerprint density at radius 3 is 1.82 bits per heavy atom. The second-order valence-electron chi connectivity index (χ2n) is 14.2. The average molecular weight is 716 g/mol. The van der Waals surface area contributed by atoms with Crippen molar-refractivity contribution in [2.24, 2.45) is 0 Å². The average Bonchev–Trinajstić information content (AvgIpc) is 3.65. The fraction of sp³-hybridized carbons (Fsp3) is 0. The Balaban J connectivity index is 1.13. The normalized spacial score (nSPS) is 11.6. The van der Waals surface area contributed by atoms with Crippen LogP contribution in [-0.2, 0) is 0 Å². The molecule has 11 rings (SSSR count). The number of hydrogen-bond acceptors (Lipinski definition) is 4. The quantitative estimate of drug-likeness (QED) is 0.161. The molecule has 56 heavy (non-hydrogen) atoms. The van der Waals surface area contributed by atoms with Gasteiger partial charge in [-0.3, -0.25) is 0 Å². The predicted molar refractivity (Wildman–Crippen MR) is 233 cm³/mol. The molecule has 0 spiro atoms. The van der Waals surface area contributed by atoms with Gasteiger partial charge in [0.15, 0.2) is 0 Å². The number of aromatic nitrogens is 2. The van der Waals surface area contributed by atoms with E-state index in [-0.39, 0.29) is 0 Å². The summed E-state index contributed by atoms with van der Waals surface area (Å²) < 4.78 is 6.65. The van der Waals surface area contributed by atoms with Crippen LogP contribution >= 0.6 is 0 Å². The minimum atomic E-state index is 0.839. The molecule has 4 heteroatoms. The number of anilines is 3. The molecule has 0 amide bonds. The summed E-state index contributed by atoms with van der Waals surface area (Å²) in [7, 11) is 0. The highest BCUT2D eigenvalue weighted by atomic mass is 16.3. The molecule has 0 radical (unpaired) electrons. The Morgan fingerprint density at radius 1 is 0.375 bits per heavy atom. The third-order valence-corrected chi connectivity index (χ3v) is 10.8. The lowest BCUT2D eigenvalue weighted by Crippen LogP contribution is -2.10. The molecule has 0 atom stereocenters. The number of benzene rings is 9. The molecule has 0 N–H and O–H groups in total. The van der Waals surface area contributed by atoms with Crippen molar-refractivity contribution in [1.82, 2.24) is 9.97 Å². The van der Waals surface area contributed by atoms with Gasteiger partial charge in [-0.15, -0.1) is 0 Å². The van der Waals surface area contributed by atoms with E-state index in [0.717, 1.165) is 94.4 Å². The van der Waals surface area contributed by atoms with E-state index in [4.69, 9.17) is 14.4 Å². The van der Waals surface area contributed by atoms with Crippen LogP contribution < -0.4 is 4.90 Å². The SMILES string of the molecule is c1ccc(-c2nc3ccc4cc(-c5cc(N(c6ccccc6)c6ccc7ccccc7c6)cc6oc7ccccc7c56)ccc4c3nc2-c2ccccc2)cc1. The smallest absolute Gasteiger partial charge is 0.138 e. The van der Waals surface area contributed by atoms with E-state index in [1.165, 1.54) is 10.8 Å². The Morgan fingerprint density at radius 2 is 1.04 bits per heavy atom. The lowest BCUT2D eigenvalue weighted by Gasteiger charge is -2.26. The van der Waals surface area contributed by atoms with Gasteiger partial charge in [-0.2, -0.15) is 0 Å². The van der Waals surface area contributed by atoms with Crippen molar-refractivity contribution < 1.29 is 4.42 Å². The molecule has 0 saturated heterocycles. The van der Waals surface area contributed by atoms with Crippen molar-refractivity contribution >= 4 is 71.6 Å². The highest BCUT2D eigenvalue weighted by molar-refractivity contribution is 6.15. The van der Waals surface area contributed by atoms with Crippen molar-refractivity contribution in [1.29, 1.82) is 0 Å². The Bertz CT molecular complexity index is 3250. The molecule has 0 saturated carbocycles. The van der Waals surface area contributed by atoms with Gasteiger partial charge in [0.2, 0.25) is 0 Å². The molecule has 0 aliphatic rings. The van der Waals surface area contributed by atoms with Crippen LogP contribution in [0, 0.1) is 0 Å². The summed E-state index contributed by atoms with van der Waals surface area (Å²) in [5.74, 6) is 0. The topological polar surface area (TPSA) is 42.2 Å². The van der Waals surface area contributed by atoms with E-state index >= 15 is 0 Å². The Kier molecular flexibility index (Phi) is 7.46. The van der Waals surface area contributed by atoms with Crippen molar-refractivity contribution in [3.8, 4) is 33.6 Å². The van der Waals surface area contributed by atoms with Gasteiger partial charge in [-0.05, 0) is 75.8 Å². The zero-order valence-electron chi connectivity index (χ0n) is 30.3. The van der Waals surface area contributed by atoms with Crippen LogP contribution in [0.4, 0.5) is 17.1 Å². The highest BCUT2D eigenvalue weighted by Gasteiger charge is 2.21. The van der Waals surface area contributed by atoms with Crippen LogP contribution in [0.15, 0.2) is 205 Å². The van der Waals surface area contributed by atoms with Crippen molar-refractivity contribution in [3.05, 3.63) is 200 Å². The third-order valence-electron chi connectivity index (χ3n) is 10.8. The second kappa shape index (κ2) is 13.1. The summed E-state index contributed by atoms with van der Waals surface area (Å²) in [6, 6.07) is 70.2. The lowest BCUT2D eigenvalue weighted by atomic mass is 9.95. The van der Waals surface area contributed by atoms with Crippen molar-refractivity contribution in [2.45, 2.75) is 0 Å². The first-order valence-corrected chi connectivity index (χ1v) is 18.9. The van der Waals surface area contributed by atoms with Gasteiger partial charge in [0.1, 0.15) is 11.2 Å². The Labute approximate surface area is 323 Å².